The van der Waals surface area contributed by atoms with Crippen LogP contribution in [0.3, 0.4) is 0 Å². The molecule has 4 nitrogen and oxygen atoms in total. The summed E-state index contributed by atoms with van der Waals surface area (Å²) in [7, 11) is 0. The highest BCUT2D eigenvalue weighted by atomic mass is 16.3. The molecule has 1 amide bonds. The zero-order valence-corrected chi connectivity index (χ0v) is 14.5. The molecule has 4 bridgehead atoms. The van der Waals surface area contributed by atoms with Crippen LogP contribution in [0.2, 0.25) is 0 Å². The lowest BCUT2D eigenvalue weighted by atomic mass is 9.47. The molecule has 0 aromatic carbocycles. The van der Waals surface area contributed by atoms with Crippen molar-refractivity contribution >= 4 is 5.91 Å². The Labute approximate surface area is 140 Å². The molecular weight excluding hydrogens is 288 g/mol. The monoisotopic (exact) mass is 320 g/mol. The van der Waals surface area contributed by atoms with E-state index in [0.29, 0.717) is 24.2 Å². The molecule has 4 aliphatic carbocycles. The van der Waals surface area contributed by atoms with Gasteiger partial charge in [-0.05, 0) is 81.2 Å². The van der Waals surface area contributed by atoms with E-state index < -0.39 is 5.60 Å². The molecule has 0 aromatic heterocycles. The predicted octanol–water partition coefficient (Wildman–Crippen LogP) is 2.17. The minimum atomic E-state index is -0.447. The van der Waals surface area contributed by atoms with Crippen molar-refractivity contribution < 1.29 is 9.90 Å². The minimum Gasteiger partial charge on any atom is -0.390 e. The predicted molar refractivity (Wildman–Crippen MR) is 89.9 cm³/mol. The largest absolute Gasteiger partial charge is 0.390 e. The van der Waals surface area contributed by atoms with Gasteiger partial charge in [0.2, 0.25) is 5.91 Å². The lowest BCUT2D eigenvalue weighted by Gasteiger charge is -2.60. The fourth-order valence-corrected chi connectivity index (χ4v) is 6.64. The Kier molecular flexibility index (Phi) is 3.96. The van der Waals surface area contributed by atoms with E-state index >= 15 is 0 Å². The quantitative estimate of drug-likeness (QED) is 0.816. The number of nitrogens with zero attached hydrogens (tertiary/aromatic N) is 1. The average molecular weight is 320 g/mol. The first-order valence-electron chi connectivity index (χ1n) is 9.69. The second-order valence-electron chi connectivity index (χ2n) is 9.21. The average Bonchev–Trinajstić information content (AvgIpc) is 2.90. The molecule has 0 radical (unpaired) electrons. The summed E-state index contributed by atoms with van der Waals surface area (Å²) in [5.41, 5.74) is -0.342. The second-order valence-corrected chi connectivity index (χ2v) is 9.21. The summed E-state index contributed by atoms with van der Waals surface area (Å²) in [6, 6.07) is 0. The third-order valence-electron chi connectivity index (χ3n) is 7.09. The molecule has 23 heavy (non-hydrogen) atoms. The maximum atomic E-state index is 12.5. The molecular formula is C19H32N2O2. The minimum absolute atomic E-state index is 0.105. The summed E-state index contributed by atoms with van der Waals surface area (Å²) in [6.07, 6.45) is 8.34. The van der Waals surface area contributed by atoms with E-state index in [2.05, 4.69) is 17.1 Å². The first-order chi connectivity index (χ1) is 11.0. The summed E-state index contributed by atoms with van der Waals surface area (Å²) in [4.78, 5) is 15.0. The van der Waals surface area contributed by atoms with Crippen molar-refractivity contribution in [3.63, 3.8) is 0 Å². The molecule has 2 N–H and O–H groups in total. The van der Waals surface area contributed by atoms with Crippen LogP contribution >= 0.6 is 0 Å². The fourth-order valence-electron chi connectivity index (χ4n) is 6.64. The normalized spacial score (nSPS) is 45.6. The van der Waals surface area contributed by atoms with E-state index in [-0.39, 0.29) is 11.3 Å². The highest BCUT2D eigenvalue weighted by molar-refractivity contribution is 5.76. The molecule has 5 aliphatic rings. The highest BCUT2D eigenvalue weighted by Gasteiger charge is 2.57. The molecule has 0 spiro atoms. The van der Waals surface area contributed by atoms with Gasteiger partial charge in [0, 0.05) is 19.5 Å². The third kappa shape index (κ3) is 3.17. The molecule has 0 unspecified atom stereocenters. The SMILES string of the molecule is CCN1CC[C@H](CNC(=O)CC23C[C@@H]4C[C@H](CC(O)(C4)C2)C3)C1. The van der Waals surface area contributed by atoms with Crippen molar-refractivity contribution in [2.45, 2.75) is 63.9 Å². The van der Waals surface area contributed by atoms with Crippen LogP contribution in [0.15, 0.2) is 0 Å². The van der Waals surface area contributed by atoms with Gasteiger partial charge >= 0.3 is 0 Å². The van der Waals surface area contributed by atoms with E-state index in [4.69, 9.17) is 0 Å². The zero-order chi connectivity index (χ0) is 16.1. The molecule has 1 aliphatic heterocycles. The van der Waals surface area contributed by atoms with Crippen LogP contribution in [0.25, 0.3) is 0 Å². The lowest BCUT2D eigenvalue weighted by Crippen LogP contribution is -2.56. The Bertz CT molecular complexity index is 464. The van der Waals surface area contributed by atoms with Gasteiger partial charge in [0.1, 0.15) is 0 Å². The van der Waals surface area contributed by atoms with Gasteiger partial charge in [-0.1, -0.05) is 6.92 Å². The summed E-state index contributed by atoms with van der Waals surface area (Å²) in [5, 5.41) is 14.0. The van der Waals surface area contributed by atoms with Crippen LogP contribution in [0, 0.1) is 23.2 Å². The number of hydrogen-bond acceptors (Lipinski definition) is 3. The number of aliphatic hydroxyl groups is 1. The van der Waals surface area contributed by atoms with E-state index in [1.54, 1.807) is 0 Å². The highest BCUT2D eigenvalue weighted by Crippen LogP contribution is 2.62. The smallest absolute Gasteiger partial charge is 0.220 e. The molecule has 4 saturated carbocycles. The van der Waals surface area contributed by atoms with Crippen molar-refractivity contribution in [3.8, 4) is 0 Å². The van der Waals surface area contributed by atoms with Crippen LogP contribution in [0.5, 0.6) is 0 Å². The van der Waals surface area contributed by atoms with Crippen molar-refractivity contribution in [1.82, 2.24) is 10.2 Å². The van der Waals surface area contributed by atoms with E-state index in [0.717, 1.165) is 38.9 Å². The Morgan fingerprint density at radius 2 is 2.00 bits per heavy atom. The summed E-state index contributed by atoms with van der Waals surface area (Å²) < 4.78 is 0. The van der Waals surface area contributed by atoms with Gasteiger partial charge in [0.15, 0.2) is 0 Å². The van der Waals surface area contributed by atoms with Gasteiger partial charge in [-0.2, -0.15) is 0 Å². The van der Waals surface area contributed by atoms with Crippen LogP contribution in [-0.4, -0.2) is 47.7 Å². The molecule has 5 rings (SSSR count). The van der Waals surface area contributed by atoms with E-state index in [9.17, 15) is 9.90 Å². The summed E-state index contributed by atoms with van der Waals surface area (Å²) in [5.74, 6) is 2.19. The topological polar surface area (TPSA) is 52.6 Å². The molecule has 0 aromatic rings. The molecule has 1 saturated heterocycles. The van der Waals surface area contributed by atoms with Gasteiger partial charge in [0.05, 0.1) is 5.60 Å². The number of amides is 1. The number of rotatable bonds is 5. The second kappa shape index (κ2) is 5.73. The first-order valence-corrected chi connectivity index (χ1v) is 9.69. The Morgan fingerprint density at radius 1 is 1.26 bits per heavy atom. The fraction of sp³-hybridized carbons (Fsp3) is 0.947. The zero-order valence-electron chi connectivity index (χ0n) is 14.5. The third-order valence-corrected chi connectivity index (χ3v) is 7.09. The first kappa shape index (κ1) is 15.9. The molecule has 3 atom stereocenters. The summed E-state index contributed by atoms with van der Waals surface area (Å²) >= 11 is 0. The van der Waals surface area contributed by atoms with Crippen molar-refractivity contribution in [2.75, 3.05) is 26.2 Å². The van der Waals surface area contributed by atoms with Gasteiger partial charge in [-0.15, -0.1) is 0 Å². The van der Waals surface area contributed by atoms with E-state index in [1.807, 2.05) is 0 Å². The Balaban J connectivity index is 1.31. The van der Waals surface area contributed by atoms with Crippen molar-refractivity contribution in [1.29, 1.82) is 0 Å². The maximum Gasteiger partial charge on any atom is 0.220 e. The standard InChI is InChI=1S/C19H32N2O2/c1-2-21-4-3-14(12-21)11-20-17(22)10-18-6-15-5-16(7-18)9-19(23,8-15)13-18/h14-16,23H,2-13H2,1H3,(H,20,22)/t14-,15+,16+,18?,19?/m1/s1. The van der Waals surface area contributed by atoms with Gasteiger partial charge in [0.25, 0.3) is 0 Å². The summed E-state index contributed by atoms with van der Waals surface area (Å²) in [6.45, 7) is 6.47. The van der Waals surface area contributed by atoms with Crippen molar-refractivity contribution in [2.24, 2.45) is 23.2 Å². The van der Waals surface area contributed by atoms with Crippen LogP contribution in [-0.2, 0) is 4.79 Å². The molecule has 5 fully saturated rings. The van der Waals surface area contributed by atoms with Gasteiger partial charge < -0.3 is 15.3 Å². The van der Waals surface area contributed by atoms with Crippen LogP contribution < -0.4 is 5.32 Å². The lowest BCUT2D eigenvalue weighted by molar-refractivity contribution is -0.169. The molecule has 1 heterocycles. The molecule has 4 heteroatoms. The van der Waals surface area contributed by atoms with Gasteiger partial charge in [-0.25, -0.2) is 0 Å². The Morgan fingerprint density at radius 3 is 2.61 bits per heavy atom. The van der Waals surface area contributed by atoms with Crippen LogP contribution in [0.1, 0.15) is 58.3 Å². The van der Waals surface area contributed by atoms with Gasteiger partial charge in [-0.3, -0.25) is 4.79 Å². The van der Waals surface area contributed by atoms with Crippen molar-refractivity contribution in [3.05, 3.63) is 0 Å². The number of hydrogen-bond donors (Lipinski definition) is 2. The Hall–Kier alpha value is -0.610. The number of nitrogens with one attached hydrogen (secondary N) is 1. The maximum absolute atomic E-state index is 12.5. The number of likely N-dealkylation sites (tertiary alicyclic amines) is 1. The van der Waals surface area contributed by atoms with Crippen LogP contribution in [0.4, 0.5) is 0 Å². The number of carbonyl (C=O) groups is 1. The van der Waals surface area contributed by atoms with E-state index in [1.165, 1.54) is 32.2 Å². The molecule has 130 valence electrons. The number of carbonyl (C=O) groups excluding carboxylic acids is 1.